The summed E-state index contributed by atoms with van der Waals surface area (Å²) in [6, 6.07) is 0. The Labute approximate surface area is 181 Å². The molecule has 0 N–H and O–H groups in total. The van der Waals surface area contributed by atoms with E-state index in [1.54, 1.807) is 5.57 Å². The minimum absolute atomic E-state index is 0.355. The van der Waals surface area contributed by atoms with Crippen molar-refractivity contribution >= 4 is 16.6 Å². The first-order chi connectivity index (χ1) is 13.3. The van der Waals surface area contributed by atoms with Crippen LogP contribution in [-0.2, 0) is 8.85 Å². The summed E-state index contributed by atoms with van der Waals surface area (Å²) in [5.74, 6) is 3.80. The molecule has 0 aromatic heterocycles. The van der Waals surface area contributed by atoms with E-state index < -0.39 is 16.6 Å². The van der Waals surface area contributed by atoms with Crippen LogP contribution >= 0.6 is 0 Å². The zero-order valence-corrected chi connectivity index (χ0v) is 22.2. The highest BCUT2D eigenvalue weighted by Gasteiger charge is 2.59. The molecular weight excluding hydrogens is 388 g/mol. The summed E-state index contributed by atoms with van der Waals surface area (Å²) < 4.78 is 13.1. The van der Waals surface area contributed by atoms with Crippen LogP contribution < -0.4 is 0 Å². The van der Waals surface area contributed by atoms with Crippen LogP contribution in [0.3, 0.4) is 0 Å². The average Bonchev–Trinajstić information content (AvgIpc) is 2.89. The molecule has 2 saturated carbocycles. The normalized spacial score (nSPS) is 42.3. The predicted molar refractivity (Wildman–Crippen MR) is 128 cm³/mol. The summed E-state index contributed by atoms with van der Waals surface area (Å²) in [6.45, 7) is 19.1. The lowest BCUT2D eigenvalue weighted by atomic mass is 9.48. The number of hydrogen-bond donors (Lipinski definition) is 0. The van der Waals surface area contributed by atoms with Gasteiger partial charge < -0.3 is 8.85 Å². The van der Waals surface area contributed by atoms with Crippen molar-refractivity contribution in [3.63, 3.8) is 0 Å². The molecule has 0 spiro atoms. The smallest absolute Gasteiger partial charge is 0.241 e. The van der Waals surface area contributed by atoms with E-state index in [1.807, 2.05) is 0 Å². The maximum Gasteiger partial charge on any atom is 0.241 e. The first-order valence-electron chi connectivity index (χ1n) is 12.1. The van der Waals surface area contributed by atoms with E-state index in [1.165, 1.54) is 44.3 Å². The zero-order chi connectivity index (χ0) is 21.2. The first kappa shape index (κ1) is 21.9. The number of hydrogen-bond acceptors (Lipinski definition) is 2. The number of rotatable bonds is 4. The molecule has 164 valence electrons. The lowest BCUT2D eigenvalue weighted by Crippen LogP contribution is -2.51. The van der Waals surface area contributed by atoms with Crippen molar-refractivity contribution in [1.29, 1.82) is 0 Å². The Morgan fingerprint density at radius 3 is 2.28 bits per heavy atom. The van der Waals surface area contributed by atoms with Gasteiger partial charge in [0.2, 0.25) is 8.32 Å². The van der Waals surface area contributed by atoms with Gasteiger partial charge in [-0.1, -0.05) is 19.9 Å². The van der Waals surface area contributed by atoms with Crippen molar-refractivity contribution in [1.82, 2.24) is 0 Å². The van der Waals surface area contributed by atoms with Crippen molar-refractivity contribution in [3.05, 3.63) is 23.5 Å². The molecule has 6 atom stereocenters. The minimum atomic E-state index is -1.52. The van der Waals surface area contributed by atoms with Crippen molar-refractivity contribution in [2.45, 2.75) is 104 Å². The maximum atomic E-state index is 6.74. The maximum absolute atomic E-state index is 6.74. The van der Waals surface area contributed by atoms with Gasteiger partial charge in [0.1, 0.15) is 0 Å². The third-order valence-corrected chi connectivity index (χ3v) is 10.4. The summed E-state index contributed by atoms with van der Waals surface area (Å²) in [7, 11) is -3.01. The molecule has 0 unspecified atom stereocenters. The van der Waals surface area contributed by atoms with E-state index in [0.717, 1.165) is 24.2 Å². The molecule has 4 heteroatoms. The van der Waals surface area contributed by atoms with E-state index in [-0.39, 0.29) is 0 Å². The predicted octanol–water partition coefficient (Wildman–Crippen LogP) is 7.51. The van der Waals surface area contributed by atoms with Crippen LogP contribution in [0.25, 0.3) is 0 Å². The Bertz CT molecular complexity index is 713. The molecule has 0 amide bonds. The van der Waals surface area contributed by atoms with Gasteiger partial charge in [-0.05, 0) is 118 Å². The highest BCUT2D eigenvalue weighted by Crippen LogP contribution is 2.65. The van der Waals surface area contributed by atoms with Crippen LogP contribution in [0, 0.1) is 28.6 Å². The van der Waals surface area contributed by atoms with Crippen molar-refractivity contribution in [3.8, 4) is 0 Å². The number of allylic oxidation sites excluding steroid dienone is 4. The molecule has 0 radical (unpaired) electrons. The fraction of sp³-hybridized carbons (Fsp3) is 0.840. The van der Waals surface area contributed by atoms with Crippen LogP contribution in [0.2, 0.25) is 39.3 Å². The van der Waals surface area contributed by atoms with Crippen LogP contribution in [0.4, 0.5) is 0 Å². The van der Waals surface area contributed by atoms with Crippen molar-refractivity contribution in [2.24, 2.45) is 28.6 Å². The second-order valence-corrected chi connectivity index (χ2v) is 21.7. The van der Waals surface area contributed by atoms with E-state index in [0.29, 0.717) is 16.9 Å². The van der Waals surface area contributed by atoms with Crippen LogP contribution in [0.5, 0.6) is 0 Å². The molecule has 0 bridgehead atoms. The van der Waals surface area contributed by atoms with E-state index in [2.05, 4.69) is 65.3 Å². The average molecular weight is 433 g/mol. The molecule has 4 aliphatic rings. The van der Waals surface area contributed by atoms with Gasteiger partial charge in [-0.3, -0.25) is 0 Å². The molecule has 0 aromatic rings. The van der Waals surface area contributed by atoms with Crippen LogP contribution in [0.1, 0.15) is 58.8 Å². The minimum Gasteiger partial charge on any atom is -0.547 e. The zero-order valence-electron chi connectivity index (χ0n) is 20.2. The molecule has 2 nitrogen and oxygen atoms in total. The van der Waals surface area contributed by atoms with Crippen LogP contribution in [0.15, 0.2) is 23.5 Å². The molecular formula is C25H44O2Si2. The van der Waals surface area contributed by atoms with Crippen LogP contribution in [-0.4, -0.2) is 22.7 Å². The Morgan fingerprint density at radius 2 is 1.62 bits per heavy atom. The third-order valence-electron chi connectivity index (χ3n) is 8.58. The van der Waals surface area contributed by atoms with Gasteiger partial charge in [0, 0.05) is 6.42 Å². The summed E-state index contributed by atoms with van der Waals surface area (Å²) >= 11 is 0. The van der Waals surface area contributed by atoms with Gasteiger partial charge in [0.15, 0.2) is 8.32 Å². The Hall–Kier alpha value is -0.326. The van der Waals surface area contributed by atoms with Gasteiger partial charge in [-0.25, -0.2) is 0 Å². The first-order valence-corrected chi connectivity index (χ1v) is 18.9. The summed E-state index contributed by atoms with van der Waals surface area (Å²) in [5, 5.41) is 0. The molecule has 29 heavy (non-hydrogen) atoms. The largest absolute Gasteiger partial charge is 0.547 e. The van der Waals surface area contributed by atoms with Gasteiger partial charge in [0.05, 0.1) is 11.9 Å². The quantitative estimate of drug-likeness (QED) is 0.428. The molecule has 2 fully saturated rings. The Balaban J connectivity index is 1.58. The molecule has 4 rings (SSSR count). The molecule has 4 aliphatic carbocycles. The fourth-order valence-corrected chi connectivity index (χ4v) is 9.53. The second kappa shape index (κ2) is 7.10. The SMILES string of the molecule is C[C@]12CC[C@@H]3[C@H](CC=C4C=C(O[Si](C)(C)C)CC[C@@]43C)[C@H]1CC[C@H]2O[Si](C)(C)C. The summed E-state index contributed by atoms with van der Waals surface area (Å²) in [5.41, 5.74) is 2.35. The highest BCUT2D eigenvalue weighted by atomic mass is 28.4. The number of fused-ring (bicyclic) bond motifs is 5. The molecule has 0 aromatic carbocycles. The lowest BCUT2D eigenvalue weighted by molar-refractivity contribution is -0.0579. The topological polar surface area (TPSA) is 18.5 Å². The van der Waals surface area contributed by atoms with Gasteiger partial charge in [-0.2, -0.15) is 0 Å². The third kappa shape index (κ3) is 3.98. The van der Waals surface area contributed by atoms with Crippen molar-refractivity contribution in [2.75, 3.05) is 0 Å². The van der Waals surface area contributed by atoms with Crippen molar-refractivity contribution < 1.29 is 8.85 Å². The van der Waals surface area contributed by atoms with Gasteiger partial charge >= 0.3 is 0 Å². The van der Waals surface area contributed by atoms with Gasteiger partial charge in [0.25, 0.3) is 0 Å². The summed E-state index contributed by atoms with van der Waals surface area (Å²) in [6.07, 6.45) is 14.6. The standard InChI is InChI=1S/C25H44O2Si2/c1-24-15-13-19(26-28(3,4)5)17-18(24)9-10-20-21-11-12-23(27-29(6,7)8)25(21,2)16-14-22(20)24/h9,17,20-23H,10-16H2,1-8H3/t20-,21-,22-,23-,24+,25+/m1/s1. The monoisotopic (exact) mass is 432 g/mol. The lowest BCUT2D eigenvalue weighted by Gasteiger charge is -2.57. The Morgan fingerprint density at radius 1 is 0.897 bits per heavy atom. The van der Waals surface area contributed by atoms with E-state index in [4.69, 9.17) is 8.85 Å². The molecule has 0 heterocycles. The fourth-order valence-electron chi connectivity index (χ4n) is 7.35. The summed E-state index contributed by atoms with van der Waals surface area (Å²) in [4.78, 5) is 0. The molecule has 0 saturated heterocycles. The molecule has 0 aliphatic heterocycles. The van der Waals surface area contributed by atoms with Gasteiger partial charge in [-0.15, -0.1) is 0 Å². The Kier molecular flexibility index (Phi) is 5.36. The highest BCUT2D eigenvalue weighted by molar-refractivity contribution is 6.70. The van der Waals surface area contributed by atoms with E-state index in [9.17, 15) is 0 Å². The second-order valence-electron chi connectivity index (χ2n) is 12.9. The van der Waals surface area contributed by atoms with E-state index >= 15 is 0 Å².